The molecule has 0 spiro atoms. The maximum atomic E-state index is 12.8. The van der Waals surface area contributed by atoms with Crippen LogP contribution in [0.3, 0.4) is 0 Å². The molecule has 0 radical (unpaired) electrons. The number of sulfonamides is 1. The number of halogens is 2. The Hall–Kier alpha value is -2.07. The van der Waals surface area contributed by atoms with Crippen LogP contribution in [-0.4, -0.2) is 80.2 Å². The van der Waals surface area contributed by atoms with Gasteiger partial charge in [-0.05, 0) is 50.1 Å². The molecule has 2 saturated heterocycles. The molecule has 8 nitrogen and oxygen atoms in total. The van der Waals surface area contributed by atoms with E-state index in [1.807, 2.05) is 4.90 Å². The van der Waals surface area contributed by atoms with Crippen molar-refractivity contribution in [3.05, 3.63) is 52.1 Å². The van der Waals surface area contributed by atoms with Gasteiger partial charge in [0.15, 0.2) is 0 Å². The molecule has 2 fully saturated rings. The molecule has 34 heavy (non-hydrogen) atoms. The zero-order valence-corrected chi connectivity index (χ0v) is 21.6. The van der Waals surface area contributed by atoms with Crippen molar-refractivity contribution >= 4 is 50.6 Å². The van der Waals surface area contributed by atoms with E-state index in [-0.39, 0.29) is 5.91 Å². The van der Waals surface area contributed by atoms with Crippen LogP contribution in [0.4, 0.5) is 11.5 Å². The number of pyridine rings is 1. The molecular weight excluding hydrogens is 497 g/mol. The molecule has 1 atom stereocenters. The van der Waals surface area contributed by atoms with E-state index in [0.717, 1.165) is 51.8 Å². The Labute approximate surface area is 210 Å². The lowest BCUT2D eigenvalue weighted by Crippen LogP contribution is -2.58. The highest BCUT2D eigenvalue weighted by Crippen LogP contribution is 2.30. The minimum absolute atomic E-state index is 0.0579. The summed E-state index contributed by atoms with van der Waals surface area (Å²) in [5.74, 6) is 0.720. The van der Waals surface area contributed by atoms with Crippen LogP contribution in [0.5, 0.6) is 0 Å². The molecule has 0 bridgehead atoms. The number of benzene rings is 1. The van der Waals surface area contributed by atoms with E-state index in [0.29, 0.717) is 39.2 Å². The van der Waals surface area contributed by atoms with E-state index in [4.69, 9.17) is 23.2 Å². The largest absolute Gasteiger partial charge is 0.353 e. The number of piperazine rings is 1. The highest BCUT2D eigenvalue weighted by molar-refractivity contribution is 7.92. The minimum Gasteiger partial charge on any atom is -0.353 e. The molecule has 4 rings (SSSR count). The van der Waals surface area contributed by atoms with Gasteiger partial charge in [-0.25, -0.2) is 13.4 Å². The maximum absolute atomic E-state index is 12.8. The molecular formula is C23H29Cl2N5O3S. The Morgan fingerprint density at radius 2 is 1.76 bits per heavy atom. The van der Waals surface area contributed by atoms with Crippen LogP contribution < -0.4 is 9.62 Å². The van der Waals surface area contributed by atoms with E-state index in [1.165, 1.54) is 6.20 Å². The van der Waals surface area contributed by atoms with Crippen molar-refractivity contribution < 1.29 is 13.2 Å². The lowest BCUT2D eigenvalue weighted by atomic mass is 9.99. The first-order valence-electron chi connectivity index (χ1n) is 11.3. The number of carbonyl (C=O) groups excluding carboxylic acids is 1. The van der Waals surface area contributed by atoms with E-state index >= 15 is 0 Å². The monoisotopic (exact) mass is 525 g/mol. The second-order valence-corrected chi connectivity index (χ2v) is 11.6. The van der Waals surface area contributed by atoms with Gasteiger partial charge in [0, 0.05) is 55.4 Å². The Bertz CT molecular complexity index is 1140. The third-order valence-corrected chi connectivity index (χ3v) is 7.55. The quantitative estimate of drug-likeness (QED) is 0.641. The molecule has 1 N–H and O–H groups in total. The topological polar surface area (TPSA) is 85.8 Å². The maximum Gasteiger partial charge on any atom is 0.253 e. The van der Waals surface area contributed by atoms with Crippen LogP contribution in [0.25, 0.3) is 0 Å². The molecule has 0 saturated carbocycles. The Morgan fingerprint density at radius 3 is 2.35 bits per heavy atom. The number of nitrogens with zero attached hydrogens (tertiary/aromatic N) is 4. The third kappa shape index (κ3) is 5.94. The van der Waals surface area contributed by atoms with Gasteiger partial charge in [-0.2, -0.15) is 0 Å². The molecule has 0 unspecified atom stereocenters. The molecule has 2 aromatic rings. The first kappa shape index (κ1) is 25.0. The highest BCUT2D eigenvalue weighted by atomic mass is 35.5. The summed E-state index contributed by atoms with van der Waals surface area (Å²) in [5.41, 5.74) is 1.02. The summed E-state index contributed by atoms with van der Waals surface area (Å²) in [4.78, 5) is 23.8. The summed E-state index contributed by atoms with van der Waals surface area (Å²) in [6.45, 7) is 6.10. The number of likely N-dealkylation sites (tertiary alicyclic amines) is 1. The minimum atomic E-state index is -3.39. The van der Waals surface area contributed by atoms with E-state index in [2.05, 4.69) is 26.4 Å². The average Bonchev–Trinajstić information content (AvgIpc) is 2.78. The fourth-order valence-corrected chi connectivity index (χ4v) is 5.77. The number of carbonyl (C=O) groups is 1. The van der Waals surface area contributed by atoms with Crippen LogP contribution in [0, 0.1) is 0 Å². The molecule has 1 aromatic carbocycles. The van der Waals surface area contributed by atoms with Crippen molar-refractivity contribution in [1.82, 2.24) is 14.8 Å². The summed E-state index contributed by atoms with van der Waals surface area (Å²) in [7, 11) is -3.39. The average molecular weight is 526 g/mol. The fourth-order valence-electron chi connectivity index (χ4n) is 4.82. The Kier molecular flexibility index (Phi) is 7.57. The zero-order chi connectivity index (χ0) is 24.5. The van der Waals surface area contributed by atoms with Gasteiger partial charge in [-0.1, -0.05) is 23.2 Å². The molecule has 184 valence electrons. The van der Waals surface area contributed by atoms with Crippen molar-refractivity contribution in [1.29, 1.82) is 0 Å². The number of aromatic nitrogens is 1. The van der Waals surface area contributed by atoms with Crippen LogP contribution in [0.1, 0.15) is 30.1 Å². The van der Waals surface area contributed by atoms with Crippen LogP contribution >= 0.6 is 23.2 Å². The summed E-state index contributed by atoms with van der Waals surface area (Å²) < 4.78 is 25.3. The van der Waals surface area contributed by atoms with Gasteiger partial charge < -0.3 is 9.80 Å². The van der Waals surface area contributed by atoms with E-state index < -0.39 is 10.0 Å². The zero-order valence-electron chi connectivity index (χ0n) is 19.2. The predicted octanol–water partition coefficient (Wildman–Crippen LogP) is 3.58. The summed E-state index contributed by atoms with van der Waals surface area (Å²) in [6, 6.07) is 9.37. The van der Waals surface area contributed by atoms with Crippen LogP contribution in [0.15, 0.2) is 36.5 Å². The SMILES string of the molecule is C[C@H]1CN(c2ncc(NS(C)(=O)=O)cc2Cl)CCN1C1CCN(C(=O)c2ccc(Cl)cc2)CC1. The number of hydrogen-bond donors (Lipinski definition) is 1. The number of anilines is 2. The van der Waals surface area contributed by atoms with Gasteiger partial charge in [0.1, 0.15) is 5.82 Å². The van der Waals surface area contributed by atoms with Crippen molar-refractivity contribution in [3.63, 3.8) is 0 Å². The molecule has 0 aliphatic carbocycles. The van der Waals surface area contributed by atoms with Gasteiger partial charge in [-0.15, -0.1) is 0 Å². The fraction of sp³-hybridized carbons (Fsp3) is 0.478. The lowest BCUT2D eigenvalue weighted by molar-refractivity contribution is 0.0525. The Morgan fingerprint density at radius 1 is 1.09 bits per heavy atom. The number of nitrogens with one attached hydrogen (secondary N) is 1. The van der Waals surface area contributed by atoms with Crippen molar-refractivity contribution in [2.45, 2.75) is 31.8 Å². The van der Waals surface area contributed by atoms with Gasteiger partial charge in [0.05, 0.1) is 23.2 Å². The number of hydrogen-bond acceptors (Lipinski definition) is 6. The van der Waals surface area contributed by atoms with Gasteiger partial charge in [-0.3, -0.25) is 14.4 Å². The summed E-state index contributed by atoms with van der Waals surface area (Å²) in [6.07, 6.45) is 4.46. The summed E-state index contributed by atoms with van der Waals surface area (Å²) >= 11 is 12.4. The molecule has 1 aromatic heterocycles. The molecule has 11 heteroatoms. The smallest absolute Gasteiger partial charge is 0.253 e. The van der Waals surface area contributed by atoms with Crippen LogP contribution in [0.2, 0.25) is 10.0 Å². The van der Waals surface area contributed by atoms with Gasteiger partial charge in [0.25, 0.3) is 5.91 Å². The second-order valence-electron chi connectivity index (χ2n) is 8.97. The first-order chi connectivity index (χ1) is 16.1. The van der Waals surface area contributed by atoms with Crippen molar-refractivity contribution in [2.24, 2.45) is 0 Å². The molecule has 1 amide bonds. The third-order valence-electron chi connectivity index (χ3n) is 6.42. The van der Waals surface area contributed by atoms with E-state index in [9.17, 15) is 13.2 Å². The van der Waals surface area contributed by atoms with Gasteiger partial charge >= 0.3 is 0 Å². The Balaban J connectivity index is 1.33. The number of piperidine rings is 1. The second kappa shape index (κ2) is 10.3. The molecule has 2 aliphatic heterocycles. The van der Waals surface area contributed by atoms with Crippen molar-refractivity contribution in [3.8, 4) is 0 Å². The number of amides is 1. The van der Waals surface area contributed by atoms with E-state index in [1.54, 1.807) is 30.3 Å². The summed E-state index contributed by atoms with van der Waals surface area (Å²) in [5, 5.41) is 1.05. The normalized spacial score (nSPS) is 20.4. The first-order valence-corrected chi connectivity index (χ1v) is 13.9. The van der Waals surface area contributed by atoms with Gasteiger partial charge in [0.2, 0.25) is 10.0 Å². The van der Waals surface area contributed by atoms with Crippen molar-refractivity contribution in [2.75, 3.05) is 48.6 Å². The lowest BCUT2D eigenvalue weighted by Gasteiger charge is -2.46. The van der Waals surface area contributed by atoms with Crippen LogP contribution in [-0.2, 0) is 10.0 Å². The highest BCUT2D eigenvalue weighted by Gasteiger charge is 2.33. The molecule has 3 heterocycles. The predicted molar refractivity (Wildman–Crippen MR) is 136 cm³/mol. The number of rotatable bonds is 5. The standard InChI is InChI=1S/C23H29Cl2N5O3S/c1-16-15-29(22-21(25)13-19(14-26-22)27-34(2,32)33)11-12-30(16)20-7-9-28(10-8-20)23(31)17-3-5-18(24)6-4-17/h3-6,13-14,16,20,27H,7-12,15H2,1-2H3/t16-/m0/s1. The molecule has 2 aliphatic rings.